The molecule has 0 radical (unpaired) electrons. The summed E-state index contributed by atoms with van der Waals surface area (Å²) < 4.78 is 28.6. The van der Waals surface area contributed by atoms with Gasteiger partial charge in [0.2, 0.25) is 10.0 Å². The number of aromatic nitrogens is 2. The first-order valence-corrected chi connectivity index (χ1v) is 7.54. The van der Waals surface area contributed by atoms with Crippen LogP contribution in [-0.4, -0.2) is 25.2 Å². The fourth-order valence-corrected chi connectivity index (χ4v) is 2.81. The standard InChI is InChI=1S/C10H11IN4O2S/c1-13-18(16,17)10-4-8(12)2-3-9(10)15-6-7(11)5-14-15/h2-6,13H,12H2,1H3. The molecule has 0 aliphatic carbocycles. The van der Waals surface area contributed by atoms with Crippen molar-refractivity contribution in [3.05, 3.63) is 34.2 Å². The van der Waals surface area contributed by atoms with Gasteiger partial charge in [-0.25, -0.2) is 17.8 Å². The number of halogens is 1. The van der Waals surface area contributed by atoms with Gasteiger partial charge in [-0.15, -0.1) is 0 Å². The highest BCUT2D eigenvalue weighted by Gasteiger charge is 2.18. The van der Waals surface area contributed by atoms with Gasteiger partial charge in [-0.05, 0) is 47.8 Å². The van der Waals surface area contributed by atoms with Crippen molar-refractivity contribution in [2.24, 2.45) is 0 Å². The third-order valence-corrected chi connectivity index (χ3v) is 4.34. The normalized spacial score (nSPS) is 11.7. The van der Waals surface area contributed by atoms with Crippen LogP contribution in [0.1, 0.15) is 0 Å². The van der Waals surface area contributed by atoms with Crippen molar-refractivity contribution in [2.75, 3.05) is 12.8 Å². The maximum atomic E-state index is 11.9. The lowest BCUT2D eigenvalue weighted by Gasteiger charge is -2.10. The van der Waals surface area contributed by atoms with Crippen molar-refractivity contribution in [3.8, 4) is 5.69 Å². The zero-order valence-electron chi connectivity index (χ0n) is 9.46. The quantitative estimate of drug-likeness (QED) is 0.615. The Kier molecular flexibility index (Phi) is 3.59. The fraction of sp³-hybridized carbons (Fsp3) is 0.100. The van der Waals surface area contributed by atoms with Crippen LogP contribution in [0.5, 0.6) is 0 Å². The fourth-order valence-electron chi connectivity index (χ4n) is 1.48. The third-order valence-electron chi connectivity index (χ3n) is 2.34. The SMILES string of the molecule is CNS(=O)(=O)c1cc(N)ccc1-n1cc(I)cn1. The summed E-state index contributed by atoms with van der Waals surface area (Å²) in [6, 6.07) is 4.68. The summed E-state index contributed by atoms with van der Waals surface area (Å²) in [5.74, 6) is 0. The number of sulfonamides is 1. The monoisotopic (exact) mass is 378 g/mol. The van der Waals surface area contributed by atoms with Gasteiger partial charge in [0.1, 0.15) is 4.90 Å². The summed E-state index contributed by atoms with van der Waals surface area (Å²) in [4.78, 5) is 0.101. The first-order chi connectivity index (χ1) is 8.44. The average molecular weight is 378 g/mol. The molecule has 0 saturated heterocycles. The Bertz CT molecular complexity index is 681. The van der Waals surface area contributed by atoms with Gasteiger partial charge in [0.15, 0.2) is 0 Å². The van der Waals surface area contributed by atoms with Crippen molar-refractivity contribution >= 4 is 38.3 Å². The number of hydrogen-bond acceptors (Lipinski definition) is 4. The second-order valence-electron chi connectivity index (χ2n) is 3.54. The molecule has 0 atom stereocenters. The number of nitrogens with one attached hydrogen (secondary N) is 1. The minimum Gasteiger partial charge on any atom is -0.399 e. The van der Waals surface area contributed by atoms with E-state index in [-0.39, 0.29) is 4.90 Å². The van der Waals surface area contributed by atoms with Crippen LogP contribution in [0.4, 0.5) is 5.69 Å². The van der Waals surface area contributed by atoms with Gasteiger partial charge in [-0.1, -0.05) is 0 Å². The molecule has 0 spiro atoms. The number of nitrogens with two attached hydrogens (primary N) is 1. The molecule has 0 bridgehead atoms. The minimum atomic E-state index is -3.58. The van der Waals surface area contributed by atoms with E-state index in [9.17, 15) is 8.42 Å². The lowest BCUT2D eigenvalue weighted by atomic mass is 10.3. The van der Waals surface area contributed by atoms with E-state index in [1.807, 2.05) is 0 Å². The molecule has 0 unspecified atom stereocenters. The second kappa shape index (κ2) is 4.86. The number of anilines is 1. The van der Waals surface area contributed by atoms with E-state index in [0.717, 1.165) is 3.57 Å². The highest BCUT2D eigenvalue weighted by Crippen LogP contribution is 2.22. The van der Waals surface area contributed by atoms with Gasteiger partial charge in [0.25, 0.3) is 0 Å². The summed E-state index contributed by atoms with van der Waals surface area (Å²) in [6.07, 6.45) is 3.38. The molecule has 2 aromatic rings. The van der Waals surface area contributed by atoms with E-state index in [1.54, 1.807) is 24.5 Å². The summed E-state index contributed by atoms with van der Waals surface area (Å²) in [5.41, 5.74) is 6.48. The molecule has 8 heteroatoms. The third kappa shape index (κ3) is 2.49. The van der Waals surface area contributed by atoms with Crippen LogP contribution in [0, 0.1) is 3.57 Å². The molecule has 0 aliphatic heterocycles. The van der Waals surface area contributed by atoms with Gasteiger partial charge in [0, 0.05) is 11.9 Å². The predicted octanol–water partition coefficient (Wildman–Crippen LogP) is 0.967. The zero-order valence-corrected chi connectivity index (χ0v) is 12.4. The lowest BCUT2D eigenvalue weighted by Crippen LogP contribution is -2.20. The summed E-state index contributed by atoms with van der Waals surface area (Å²) in [6.45, 7) is 0. The number of nitrogens with zero attached hydrogens (tertiary/aromatic N) is 2. The Labute approximate surface area is 118 Å². The molecule has 0 amide bonds. The van der Waals surface area contributed by atoms with E-state index in [4.69, 9.17) is 5.73 Å². The number of benzene rings is 1. The largest absolute Gasteiger partial charge is 0.399 e. The highest BCUT2D eigenvalue weighted by molar-refractivity contribution is 14.1. The molecule has 1 heterocycles. The molecule has 1 aromatic carbocycles. The van der Waals surface area contributed by atoms with E-state index in [1.165, 1.54) is 17.8 Å². The predicted molar refractivity (Wildman–Crippen MR) is 76.9 cm³/mol. The minimum absolute atomic E-state index is 0.101. The summed E-state index contributed by atoms with van der Waals surface area (Å²) >= 11 is 2.10. The van der Waals surface area contributed by atoms with Crippen LogP contribution in [0.15, 0.2) is 35.5 Å². The van der Waals surface area contributed by atoms with Crippen molar-refractivity contribution in [1.29, 1.82) is 0 Å². The van der Waals surface area contributed by atoms with E-state index < -0.39 is 10.0 Å². The molecule has 0 aliphatic rings. The maximum absolute atomic E-state index is 11.9. The Morgan fingerprint density at radius 2 is 2.17 bits per heavy atom. The Hall–Kier alpha value is -1.13. The maximum Gasteiger partial charge on any atom is 0.242 e. The molecule has 3 N–H and O–H groups in total. The summed E-state index contributed by atoms with van der Waals surface area (Å²) in [7, 11) is -2.23. The molecule has 1 aromatic heterocycles. The molecule has 96 valence electrons. The van der Waals surface area contributed by atoms with E-state index in [0.29, 0.717) is 11.4 Å². The van der Waals surface area contributed by atoms with Gasteiger partial charge in [0.05, 0.1) is 15.5 Å². The smallest absolute Gasteiger partial charge is 0.242 e. The second-order valence-corrected chi connectivity index (χ2v) is 6.64. The molecule has 0 fully saturated rings. The Morgan fingerprint density at radius 3 is 2.72 bits per heavy atom. The number of rotatable bonds is 3. The van der Waals surface area contributed by atoms with Crippen LogP contribution in [0.3, 0.4) is 0 Å². The number of hydrogen-bond donors (Lipinski definition) is 2. The Balaban J connectivity index is 2.69. The van der Waals surface area contributed by atoms with Gasteiger partial charge in [-0.3, -0.25) is 0 Å². The van der Waals surface area contributed by atoms with Crippen molar-refractivity contribution in [3.63, 3.8) is 0 Å². The van der Waals surface area contributed by atoms with Crippen LogP contribution in [0.25, 0.3) is 5.69 Å². The van der Waals surface area contributed by atoms with E-state index in [2.05, 4.69) is 32.4 Å². The average Bonchev–Trinajstić information content (AvgIpc) is 2.75. The Morgan fingerprint density at radius 1 is 1.44 bits per heavy atom. The molecule has 6 nitrogen and oxygen atoms in total. The molecule has 0 saturated carbocycles. The topological polar surface area (TPSA) is 90.0 Å². The first-order valence-electron chi connectivity index (χ1n) is 4.97. The van der Waals surface area contributed by atoms with Crippen molar-refractivity contribution in [2.45, 2.75) is 4.90 Å². The number of nitrogen functional groups attached to an aromatic ring is 1. The van der Waals surface area contributed by atoms with Crippen LogP contribution in [-0.2, 0) is 10.0 Å². The first kappa shape index (κ1) is 13.3. The molecule has 18 heavy (non-hydrogen) atoms. The van der Waals surface area contributed by atoms with Crippen LogP contribution in [0.2, 0.25) is 0 Å². The van der Waals surface area contributed by atoms with E-state index >= 15 is 0 Å². The summed E-state index contributed by atoms with van der Waals surface area (Å²) in [5, 5.41) is 4.10. The molecular formula is C10H11IN4O2S. The van der Waals surface area contributed by atoms with Gasteiger partial charge >= 0.3 is 0 Å². The van der Waals surface area contributed by atoms with Crippen molar-refractivity contribution in [1.82, 2.24) is 14.5 Å². The lowest BCUT2D eigenvalue weighted by molar-refractivity contribution is 0.587. The van der Waals surface area contributed by atoms with Crippen LogP contribution >= 0.6 is 22.6 Å². The highest BCUT2D eigenvalue weighted by atomic mass is 127. The molecule has 2 rings (SSSR count). The zero-order chi connectivity index (χ0) is 13.3. The van der Waals surface area contributed by atoms with Gasteiger partial charge < -0.3 is 5.73 Å². The van der Waals surface area contributed by atoms with Crippen molar-refractivity contribution < 1.29 is 8.42 Å². The molecular weight excluding hydrogens is 367 g/mol. The van der Waals surface area contributed by atoms with Crippen LogP contribution < -0.4 is 10.5 Å². The van der Waals surface area contributed by atoms with Gasteiger partial charge in [-0.2, -0.15) is 5.10 Å².